The molecule has 4 aromatic carbocycles. The molecule has 0 saturated carbocycles. The Labute approximate surface area is 275 Å². The van der Waals surface area contributed by atoms with Crippen LogP contribution < -0.4 is 9.62 Å². The van der Waals surface area contributed by atoms with Crippen LogP contribution in [0.15, 0.2) is 106 Å². The van der Waals surface area contributed by atoms with Crippen molar-refractivity contribution in [2.45, 2.75) is 64.6 Å². The van der Waals surface area contributed by atoms with Gasteiger partial charge in [0.25, 0.3) is 10.0 Å². The van der Waals surface area contributed by atoms with Gasteiger partial charge in [0.2, 0.25) is 11.8 Å². The number of sulfonamides is 1. The minimum Gasteiger partial charge on any atom is -0.352 e. The van der Waals surface area contributed by atoms with E-state index in [0.717, 1.165) is 36.6 Å². The molecule has 0 aromatic heterocycles. The van der Waals surface area contributed by atoms with Gasteiger partial charge in [-0.1, -0.05) is 82.2 Å². The van der Waals surface area contributed by atoms with Crippen molar-refractivity contribution >= 4 is 43.5 Å². The van der Waals surface area contributed by atoms with Gasteiger partial charge in [0.1, 0.15) is 12.6 Å². The number of carbonyl (C=O) groups excluding carboxylic acids is 2. The molecule has 0 heterocycles. The molecule has 0 bridgehead atoms. The summed E-state index contributed by atoms with van der Waals surface area (Å²) >= 11 is 3.51. The average molecular weight is 691 g/mol. The minimum atomic E-state index is -4.15. The van der Waals surface area contributed by atoms with E-state index in [1.807, 2.05) is 95.3 Å². The number of nitrogens with one attached hydrogen (secondary N) is 1. The predicted octanol–water partition coefficient (Wildman–Crippen LogP) is 6.73. The monoisotopic (exact) mass is 689 g/mol. The zero-order chi connectivity index (χ0) is 32.7. The third-order valence-electron chi connectivity index (χ3n) is 7.61. The van der Waals surface area contributed by atoms with E-state index in [4.69, 9.17) is 0 Å². The first-order chi connectivity index (χ1) is 21.3. The standard InChI is InChI=1S/C36H40BrN3O4S/c1-25(2)38-36(42)34(22-29-10-7-6-8-11-29)39(23-30-12-9-13-31(37)21-30)35(41)24-40(32-17-16-27(4)28(5)20-32)45(43,44)33-18-14-26(3)15-19-33/h6-21,25,34H,22-24H2,1-5H3,(H,38,42). The van der Waals surface area contributed by atoms with E-state index >= 15 is 0 Å². The molecule has 0 saturated heterocycles. The summed E-state index contributed by atoms with van der Waals surface area (Å²) in [6.07, 6.45) is 0.257. The number of benzene rings is 4. The minimum absolute atomic E-state index is 0.0797. The maximum absolute atomic E-state index is 14.6. The Balaban J connectivity index is 1.82. The zero-order valence-electron chi connectivity index (χ0n) is 26.3. The average Bonchev–Trinajstić information content (AvgIpc) is 2.99. The second kappa shape index (κ2) is 14.9. The van der Waals surface area contributed by atoms with E-state index < -0.39 is 28.5 Å². The molecule has 0 spiro atoms. The Morgan fingerprint density at radius 2 is 1.47 bits per heavy atom. The lowest BCUT2D eigenvalue weighted by Gasteiger charge is -2.34. The van der Waals surface area contributed by atoms with Crippen molar-refractivity contribution in [3.8, 4) is 0 Å². The number of hydrogen-bond acceptors (Lipinski definition) is 4. The van der Waals surface area contributed by atoms with Crippen LogP contribution in [0.4, 0.5) is 5.69 Å². The second-order valence-electron chi connectivity index (χ2n) is 11.6. The highest BCUT2D eigenvalue weighted by Gasteiger charge is 2.35. The molecule has 0 fully saturated rings. The lowest BCUT2D eigenvalue weighted by Crippen LogP contribution is -2.54. The van der Waals surface area contributed by atoms with Crippen molar-refractivity contribution < 1.29 is 18.0 Å². The number of amides is 2. The van der Waals surface area contributed by atoms with Gasteiger partial charge in [-0.3, -0.25) is 13.9 Å². The van der Waals surface area contributed by atoms with Crippen LogP contribution in [-0.4, -0.2) is 43.8 Å². The normalized spacial score (nSPS) is 12.1. The Kier molecular flexibility index (Phi) is 11.2. The first kappa shape index (κ1) is 33.9. The number of halogens is 1. The van der Waals surface area contributed by atoms with Gasteiger partial charge in [0, 0.05) is 23.5 Å². The van der Waals surface area contributed by atoms with Crippen LogP contribution >= 0.6 is 15.9 Å². The van der Waals surface area contributed by atoms with Crippen molar-refractivity contribution in [3.63, 3.8) is 0 Å². The molecule has 236 valence electrons. The molecule has 9 heteroatoms. The SMILES string of the molecule is Cc1ccc(S(=O)(=O)N(CC(=O)N(Cc2cccc(Br)c2)C(Cc2ccccc2)C(=O)NC(C)C)c2ccc(C)c(C)c2)cc1. The summed E-state index contributed by atoms with van der Waals surface area (Å²) in [5.74, 6) is -0.806. The number of hydrogen-bond donors (Lipinski definition) is 1. The molecule has 1 atom stereocenters. The van der Waals surface area contributed by atoms with Crippen molar-refractivity contribution in [2.75, 3.05) is 10.8 Å². The van der Waals surface area contributed by atoms with Crippen LogP contribution in [0.3, 0.4) is 0 Å². The zero-order valence-corrected chi connectivity index (χ0v) is 28.7. The molecule has 0 aliphatic heterocycles. The summed E-state index contributed by atoms with van der Waals surface area (Å²) in [5.41, 5.74) is 4.87. The summed E-state index contributed by atoms with van der Waals surface area (Å²) in [6.45, 7) is 9.09. The molecule has 0 radical (unpaired) electrons. The van der Waals surface area contributed by atoms with Gasteiger partial charge in [0.15, 0.2) is 0 Å². The Morgan fingerprint density at radius 3 is 2.09 bits per heavy atom. The molecular weight excluding hydrogens is 650 g/mol. The van der Waals surface area contributed by atoms with Crippen molar-refractivity contribution in [2.24, 2.45) is 0 Å². The molecule has 1 unspecified atom stereocenters. The fourth-order valence-electron chi connectivity index (χ4n) is 5.01. The fraction of sp³-hybridized carbons (Fsp3) is 0.278. The van der Waals surface area contributed by atoms with Crippen LogP contribution in [-0.2, 0) is 32.6 Å². The maximum atomic E-state index is 14.6. The third-order valence-corrected chi connectivity index (χ3v) is 9.89. The van der Waals surface area contributed by atoms with E-state index in [1.165, 1.54) is 4.90 Å². The molecule has 4 rings (SSSR count). The number of aryl methyl sites for hydroxylation is 3. The largest absolute Gasteiger partial charge is 0.352 e. The van der Waals surface area contributed by atoms with Gasteiger partial charge in [-0.25, -0.2) is 8.42 Å². The first-order valence-corrected chi connectivity index (χ1v) is 17.1. The van der Waals surface area contributed by atoms with Crippen LogP contribution in [0.25, 0.3) is 0 Å². The van der Waals surface area contributed by atoms with E-state index in [1.54, 1.807) is 36.4 Å². The topological polar surface area (TPSA) is 86.8 Å². The summed E-state index contributed by atoms with van der Waals surface area (Å²) in [6, 6.07) is 27.9. The molecule has 1 N–H and O–H groups in total. The summed E-state index contributed by atoms with van der Waals surface area (Å²) in [7, 11) is -4.15. The van der Waals surface area contributed by atoms with Gasteiger partial charge in [0.05, 0.1) is 10.6 Å². The number of anilines is 1. The first-order valence-electron chi connectivity index (χ1n) is 14.9. The summed E-state index contributed by atoms with van der Waals surface area (Å²) in [5, 5.41) is 2.98. The molecule has 2 amide bonds. The van der Waals surface area contributed by atoms with Crippen molar-refractivity contribution in [1.82, 2.24) is 10.2 Å². The number of nitrogens with zero attached hydrogens (tertiary/aromatic N) is 2. The second-order valence-corrected chi connectivity index (χ2v) is 14.4. The van der Waals surface area contributed by atoms with Crippen LogP contribution in [0.1, 0.15) is 41.7 Å². The fourth-order valence-corrected chi connectivity index (χ4v) is 6.87. The highest BCUT2D eigenvalue weighted by molar-refractivity contribution is 9.10. The van der Waals surface area contributed by atoms with E-state index in [-0.39, 0.29) is 29.8 Å². The van der Waals surface area contributed by atoms with Gasteiger partial charge in [-0.05, 0) is 93.3 Å². The Bertz CT molecular complexity index is 1740. The molecule has 45 heavy (non-hydrogen) atoms. The van der Waals surface area contributed by atoms with Crippen LogP contribution in [0.2, 0.25) is 0 Å². The number of rotatable bonds is 12. The van der Waals surface area contributed by atoms with Crippen molar-refractivity contribution in [1.29, 1.82) is 0 Å². The lowest BCUT2D eigenvalue weighted by molar-refractivity contribution is -0.140. The molecule has 4 aromatic rings. The van der Waals surface area contributed by atoms with Crippen LogP contribution in [0, 0.1) is 20.8 Å². The van der Waals surface area contributed by atoms with Crippen LogP contribution in [0.5, 0.6) is 0 Å². The predicted molar refractivity (Wildman–Crippen MR) is 184 cm³/mol. The maximum Gasteiger partial charge on any atom is 0.264 e. The third kappa shape index (κ3) is 8.83. The summed E-state index contributed by atoms with van der Waals surface area (Å²) < 4.78 is 30.4. The van der Waals surface area contributed by atoms with Gasteiger partial charge in [-0.2, -0.15) is 0 Å². The summed E-state index contributed by atoms with van der Waals surface area (Å²) in [4.78, 5) is 29.9. The molecule has 0 aliphatic rings. The Morgan fingerprint density at radius 1 is 0.800 bits per heavy atom. The highest BCUT2D eigenvalue weighted by Crippen LogP contribution is 2.27. The van der Waals surface area contributed by atoms with Gasteiger partial charge >= 0.3 is 0 Å². The quantitative estimate of drug-likeness (QED) is 0.179. The highest BCUT2D eigenvalue weighted by atomic mass is 79.9. The van der Waals surface area contributed by atoms with Crippen molar-refractivity contribution in [3.05, 3.63) is 129 Å². The molecule has 0 aliphatic carbocycles. The van der Waals surface area contributed by atoms with Gasteiger partial charge in [-0.15, -0.1) is 0 Å². The Hall–Kier alpha value is -3.95. The van der Waals surface area contributed by atoms with Gasteiger partial charge < -0.3 is 10.2 Å². The van der Waals surface area contributed by atoms with E-state index in [2.05, 4.69) is 21.2 Å². The number of carbonyl (C=O) groups is 2. The molecule has 7 nitrogen and oxygen atoms in total. The lowest BCUT2D eigenvalue weighted by atomic mass is 10.0. The smallest absolute Gasteiger partial charge is 0.264 e. The van der Waals surface area contributed by atoms with E-state index in [9.17, 15) is 18.0 Å². The van der Waals surface area contributed by atoms with E-state index in [0.29, 0.717) is 5.69 Å². The molecular formula is C36H40BrN3O4S.